The first-order valence-corrected chi connectivity index (χ1v) is 11.8. The Bertz CT molecular complexity index is 1090. The fourth-order valence-corrected chi connectivity index (χ4v) is 5.33. The van der Waals surface area contributed by atoms with Crippen LogP contribution in [-0.2, 0) is 24.5 Å². The monoisotopic (exact) mass is 490 g/mol. The molecule has 34 heavy (non-hydrogen) atoms. The summed E-state index contributed by atoms with van der Waals surface area (Å²) >= 11 is 0.938. The number of carbonyl (C=O) groups excluding carboxylic acids is 4. The average molecular weight is 491 g/mol. The summed E-state index contributed by atoms with van der Waals surface area (Å²) in [4.78, 5) is 50.5. The maximum atomic E-state index is 13.4. The fourth-order valence-electron chi connectivity index (χ4n) is 4.17. The van der Waals surface area contributed by atoms with Gasteiger partial charge >= 0.3 is 11.9 Å². The molecule has 1 aromatic carbocycles. The summed E-state index contributed by atoms with van der Waals surface area (Å²) in [6.45, 7) is 2.79. The van der Waals surface area contributed by atoms with E-state index in [1.165, 1.54) is 19.2 Å². The number of esters is 2. The standard InChI is InChI=1S/C24H27FN2O6S/c1-4-32-22(30)18-14(2)19(20(29)26-3)34-21(18)27-17(28)13-33-23(31)24(11-5-6-12-24)15-7-9-16(25)10-8-15/h7-10H,4-6,11-13H2,1-3H3,(H,26,29)(H,27,28). The van der Waals surface area contributed by atoms with Gasteiger partial charge in [-0.3, -0.25) is 14.4 Å². The van der Waals surface area contributed by atoms with Gasteiger partial charge in [-0.05, 0) is 49.9 Å². The number of amides is 2. The van der Waals surface area contributed by atoms with Crippen molar-refractivity contribution in [3.8, 4) is 0 Å². The number of anilines is 1. The number of carbonyl (C=O) groups is 4. The lowest BCUT2D eigenvalue weighted by Gasteiger charge is -2.27. The minimum Gasteiger partial charge on any atom is -0.462 e. The van der Waals surface area contributed by atoms with Gasteiger partial charge in [0.05, 0.1) is 22.5 Å². The summed E-state index contributed by atoms with van der Waals surface area (Å²) in [5.41, 5.74) is 0.209. The van der Waals surface area contributed by atoms with Crippen LogP contribution in [0.2, 0.25) is 0 Å². The molecular formula is C24H27FN2O6S. The van der Waals surface area contributed by atoms with Crippen LogP contribution in [0, 0.1) is 12.7 Å². The number of halogens is 1. The smallest absolute Gasteiger partial charge is 0.341 e. The maximum absolute atomic E-state index is 13.4. The van der Waals surface area contributed by atoms with E-state index in [1.807, 2.05) is 0 Å². The van der Waals surface area contributed by atoms with Gasteiger partial charge in [0.15, 0.2) is 6.61 Å². The van der Waals surface area contributed by atoms with Crippen LogP contribution < -0.4 is 10.6 Å². The van der Waals surface area contributed by atoms with Gasteiger partial charge < -0.3 is 20.1 Å². The Morgan fingerprint density at radius 3 is 2.32 bits per heavy atom. The largest absolute Gasteiger partial charge is 0.462 e. The van der Waals surface area contributed by atoms with Crippen molar-refractivity contribution < 1.29 is 33.0 Å². The van der Waals surface area contributed by atoms with Crippen LogP contribution in [0.15, 0.2) is 24.3 Å². The molecule has 1 heterocycles. The van der Waals surface area contributed by atoms with Gasteiger partial charge in [-0.25, -0.2) is 9.18 Å². The zero-order valence-corrected chi connectivity index (χ0v) is 20.1. The summed E-state index contributed by atoms with van der Waals surface area (Å²) in [5.74, 6) is -2.67. The van der Waals surface area contributed by atoms with E-state index in [1.54, 1.807) is 26.0 Å². The van der Waals surface area contributed by atoms with Gasteiger partial charge in [0.1, 0.15) is 10.8 Å². The molecule has 10 heteroatoms. The molecule has 8 nitrogen and oxygen atoms in total. The molecule has 0 aliphatic heterocycles. The Labute approximate surface area is 200 Å². The Morgan fingerprint density at radius 1 is 1.09 bits per heavy atom. The molecule has 2 amide bonds. The Morgan fingerprint density at radius 2 is 1.74 bits per heavy atom. The predicted octanol–water partition coefficient (Wildman–Crippen LogP) is 3.73. The van der Waals surface area contributed by atoms with Crippen molar-refractivity contribution >= 4 is 40.1 Å². The summed E-state index contributed by atoms with van der Waals surface area (Å²) in [6, 6.07) is 5.75. The SMILES string of the molecule is CCOC(=O)c1c(NC(=O)COC(=O)C2(c3ccc(F)cc3)CCCC2)sc(C(=O)NC)c1C. The first-order chi connectivity index (χ1) is 16.2. The van der Waals surface area contributed by atoms with E-state index in [0.29, 0.717) is 24.0 Å². The summed E-state index contributed by atoms with van der Waals surface area (Å²) in [7, 11) is 1.46. The van der Waals surface area contributed by atoms with Crippen molar-refractivity contribution in [3.63, 3.8) is 0 Å². The van der Waals surface area contributed by atoms with E-state index in [-0.39, 0.29) is 22.0 Å². The van der Waals surface area contributed by atoms with E-state index in [4.69, 9.17) is 9.47 Å². The van der Waals surface area contributed by atoms with Crippen molar-refractivity contribution in [1.29, 1.82) is 0 Å². The quantitative estimate of drug-likeness (QED) is 0.546. The second-order valence-electron chi connectivity index (χ2n) is 7.98. The molecule has 0 saturated heterocycles. The predicted molar refractivity (Wildman–Crippen MR) is 125 cm³/mol. The molecule has 2 N–H and O–H groups in total. The number of rotatable bonds is 8. The molecule has 1 fully saturated rings. The third-order valence-corrected chi connectivity index (χ3v) is 7.10. The normalized spacial score (nSPS) is 14.4. The minimum atomic E-state index is -0.921. The summed E-state index contributed by atoms with van der Waals surface area (Å²) in [6.07, 6.45) is 2.73. The van der Waals surface area contributed by atoms with Crippen molar-refractivity contribution in [2.24, 2.45) is 0 Å². The molecule has 1 saturated carbocycles. The van der Waals surface area contributed by atoms with Crippen LogP contribution >= 0.6 is 11.3 Å². The molecule has 182 valence electrons. The highest BCUT2D eigenvalue weighted by molar-refractivity contribution is 7.18. The third kappa shape index (κ3) is 5.11. The van der Waals surface area contributed by atoms with Gasteiger partial charge in [0, 0.05) is 7.05 Å². The highest BCUT2D eigenvalue weighted by Crippen LogP contribution is 2.42. The van der Waals surface area contributed by atoms with Crippen LogP contribution in [0.25, 0.3) is 0 Å². The molecule has 3 rings (SSSR count). The number of nitrogens with one attached hydrogen (secondary N) is 2. The molecule has 0 atom stereocenters. The lowest BCUT2D eigenvalue weighted by Crippen LogP contribution is -2.36. The number of hydrogen-bond donors (Lipinski definition) is 2. The van der Waals surface area contributed by atoms with Gasteiger partial charge in [-0.2, -0.15) is 0 Å². The van der Waals surface area contributed by atoms with Crippen molar-refractivity contribution in [3.05, 3.63) is 51.7 Å². The second kappa shape index (κ2) is 10.8. The highest BCUT2D eigenvalue weighted by atomic mass is 32.1. The Kier molecular flexibility index (Phi) is 8.03. The molecular weight excluding hydrogens is 463 g/mol. The van der Waals surface area contributed by atoms with E-state index in [9.17, 15) is 23.6 Å². The van der Waals surface area contributed by atoms with Gasteiger partial charge in [-0.15, -0.1) is 11.3 Å². The zero-order chi connectivity index (χ0) is 24.9. The molecule has 0 bridgehead atoms. The Hall–Kier alpha value is -3.27. The first kappa shape index (κ1) is 25.4. The topological polar surface area (TPSA) is 111 Å². The molecule has 1 aromatic heterocycles. The second-order valence-corrected chi connectivity index (χ2v) is 9.00. The van der Waals surface area contributed by atoms with Crippen molar-refractivity contribution in [2.75, 3.05) is 25.6 Å². The highest BCUT2D eigenvalue weighted by Gasteiger charge is 2.44. The van der Waals surface area contributed by atoms with Gasteiger partial charge in [0.2, 0.25) is 0 Å². The van der Waals surface area contributed by atoms with Crippen LogP contribution in [0.3, 0.4) is 0 Å². The van der Waals surface area contributed by atoms with Crippen LogP contribution in [-0.4, -0.2) is 44.0 Å². The fraction of sp³-hybridized carbons (Fsp3) is 0.417. The van der Waals surface area contributed by atoms with Crippen molar-refractivity contribution in [1.82, 2.24) is 5.32 Å². The van der Waals surface area contributed by atoms with Crippen molar-refractivity contribution in [2.45, 2.75) is 44.9 Å². The number of ether oxygens (including phenoxy) is 2. The molecule has 0 spiro atoms. The molecule has 1 aliphatic carbocycles. The lowest BCUT2D eigenvalue weighted by molar-refractivity contribution is -0.153. The summed E-state index contributed by atoms with van der Waals surface area (Å²) < 4.78 is 23.8. The van der Waals surface area contributed by atoms with Crippen LogP contribution in [0.1, 0.15) is 63.8 Å². The number of hydrogen-bond acceptors (Lipinski definition) is 7. The van der Waals surface area contributed by atoms with E-state index < -0.39 is 41.6 Å². The molecule has 0 unspecified atom stereocenters. The number of thiophene rings is 1. The Balaban J connectivity index is 1.75. The molecule has 0 radical (unpaired) electrons. The van der Waals surface area contributed by atoms with Crippen LogP contribution in [0.5, 0.6) is 0 Å². The summed E-state index contributed by atoms with van der Waals surface area (Å²) in [5, 5.41) is 5.21. The molecule has 1 aliphatic rings. The third-order valence-electron chi connectivity index (χ3n) is 5.89. The van der Waals surface area contributed by atoms with E-state index in [0.717, 1.165) is 24.2 Å². The minimum absolute atomic E-state index is 0.0868. The van der Waals surface area contributed by atoms with Gasteiger partial charge in [-0.1, -0.05) is 25.0 Å². The first-order valence-electron chi connectivity index (χ1n) is 11.0. The van der Waals surface area contributed by atoms with Crippen LogP contribution in [0.4, 0.5) is 9.39 Å². The van der Waals surface area contributed by atoms with E-state index in [2.05, 4.69) is 10.6 Å². The van der Waals surface area contributed by atoms with E-state index >= 15 is 0 Å². The maximum Gasteiger partial charge on any atom is 0.341 e. The zero-order valence-electron chi connectivity index (χ0n) is 19.3. The molecule has 2 aromatic rings. The number of benzene rings is 1. The lowest BCUT2D eigenvalue weighted by atomic mass is 9.79. The van der Waals surface area contributed by atoms with Gasteiger partial charge in [0.25, 0.3) is 11.8 Å². The average Bonchev–Trinajstić information content (AvgIpc) is 3.43.